The van der Waals surface area contributed by atoms with Crippen molar-refractivity contribution in [2.75, 3.05) is 62.6 Å². The van der Waals surface area contributed by atoms with Crippen molar-refractivity contribution < 1.29 is 14.4 Å². The predicted octanol–water partition coefficient (Wildman–Crippen LogP) is 2.04. The standard InChI is InChI=1S/C23H30N6O3S/c1-17-4-3-5-20(14-17)27-8-10-28(11-9-27)21(31)15-19-16-33-22(24-19)25-23(32)29-12-6-26(7-13-29)18(2)30/h3-5,14,16H,6-13,15H2,1-2H3,(H,24,25,32). The van der Waals surface area contributed by atoms with Gasteiger partial charge in [0.1, 0.15) is 0 Å². The molecule has 1 aromatic carbocycles. The van der Waals surface area contributed by atoms with Crippen molar-refractivity contribution in [2.45, 2.75) is 20.3 Å². The molecule has 2 aromatic rings. The van der Waals surface area contributed by atoms with Gasteiger partial charge in [-0.2, -0.15) is 0 Å². The molecule has 2 saturated heterocycles. The van der Waals surface area contributed by atoms with Gasteiger partial charge in [-0.05, 0) is 24.6 Å². The SMILES string of the molecule is CC(=O)N1CCN(C(=O)Nc2nc(CC(=O)N3CCN(c4cccc(C)c4)CC3)cs2)CC1. The van der Waals surface area contributed by atoms with Gasteiger partial charge in [0.05, 0.1) is 12.1 Å². The van der Waals surface area contributed by atoms with E-state index in [2.05, 4.69) is 46.4 Å². The largest absolute Gasteiger partial charge is 0.368 e. The van der Waals surface area contributed by atoms with Crippen LogP contribution >= 0.6 is 11.3 Å². The summed E-state index contributed by atoms with van der Waals surface area (Å²) < 4.78 is 0. The maximum atomic E-state index is 12.8. The van der Waals surface area contributed by atoms with Crippen LogP contribution in [0.3, 0.4) is 0 Å². The molecule has 3 heterocycles. The zero-order valence-corrected chi connectivity index (χ0v) is 19.9. The van der Waals surface area contributed by atoms with Crippen LogP contribution in [-0.4, -0.2) is 89.9 Å². The fourth-order valence-corrected chi connectivity index (χ4v) is 4.85. The van der Waals surface area contributed by atoms with Crippen LogP contribution in [0.1, 0.15) is 18.2 Å². The first-order chi connectivity index (χ1) is 15.9. The van der Waals surface area contributed by atoms with Crippen LogP contribution < -0.4 is 10.2 Å². The summed E-state index contributed by atoms with van der Waals surface area (Å²) in [5.74, 6) is 0.0864. The summed E-state index contributed by atoms with van der Waals surface area (Å²) in [6.07, 6.45) is 0.230. The Morgan fingerprint density at radius 2 is 1.64 bits per heavy atom. The molecule has 0 saturated carbocycles. The van der Waals surface area contributed by atoms with Crippen molar-refractivity contribution in [3.05, 3.63) is 40.9 Å². The molecule has 10 heteroatoms. The third-order valence-corrected chi connectivity index (χ3v) is 6.92. The highest BCUT2D eigenvalue weighted by Crippen LogP contribution is 2.20. The minimum Gasteiger partial charge on any atom is -0.368 e. The van der Waals surface area contributed by atoms with Crippen molar-refractivity contribution in [3.8, 4) is 0 Å². The molecule has 0 unspecified atom stereocenters. The van der Waals surface area contributed by atoms with Crippen LogP contribution in [0.4, 0.5) is 15.6 Å². The third kappa shape index (κ3) is 5.81. The molecule has 4 rings (SSSR count). The van der Waals surface area contributed by atoms with Gasteiger partial charge < -0.3 is 19.6 Å². The van der Waals surface area contributed by atoms with E-state index in [4.69, 9.17) is 0 Å². The number of urea groups is 1. The van der Waals surface area contributed by atoms with Gasteiger partial charge in [0.15, 0.2) is 5.13 Å². The Morgan fingerprint density at radius 3 is 2.30 bits per heavy atom. The van der Waals surface area contributed by atoms with E-state index in [-0.39, 0.29) is 24.3 Å². The number of hydrogen-bond donors (Lipinski definition) is 1. The Labute approximate surface area is 198 Å². The van der Waals surface area contributed by atoms with Crippen LogP contribution in [-0.2, 0) is 16.0 Å². The quantitative estimate of drug-likeness (QED) is 0.739. The van der Waals surface area contributed by atoms with Gasteiger partial charge >= 0.3 is 6.03 Å². The smallest absolute Gasteiger partial charge is 0.323 e. The number of amides is 4. The lowest BCUT2D eigenvalue weighted by Gasteiger charge is -2.36. The average Bonchev–Trinajstić information content (AvgIpc) is 3.25. The number of thiazole rings is 1. The van der Waals surface area contributed by atoms with Crippen LogP contribution in [0.2, 0.25) is 0 Å². The molecule has 1 N–H and O–H groups in total. The number of hydrogen-bond acceptors (Lipinski definition) is 6. The first kappa shape index (κ1) is 23.0. The number of piperazine rings is 2. The fraction of sp³-hybridized carbons (Fsp3) is 0.478. The van der Waals surface area contributed by atoms with Gasteiger partial charge in [-0.15, -0.1) is 11.3 Å². The first-order valence-electron chi connectivity index (χ1n) is 11.2. The maximum Gasteiger partial charge on any atom is 0.323 e. The predicted molar refractivity (Wildman–Crippen MR) is 129 cm³/mol. The number of nitrogens with one attached hydrogen (secondary N) is 1. The average molecular weight is 471 g/mol. The maximum absolute atomic E-state index is 12.8. The van der Waals surface area contributed by atoms with Gasteiger partial charge in [-0.1, -0.05) is 12.1 Å². The first-order valence-corrected chi connectivity index (χ1v) is 12.1. The Bertz CT molecular complexity index is 1010. The molecule has 0 radical (unpaired) electrons. The van der Waals surface area contributed by atoms with E-state index < -0.39 is 0 Å². The summed E-state index contributed by atoms with van der Waals surface area (Å²) in [4.78, 5) is 48.7. The van der Waals surface area contributed by atoms with E-state index in [9.17, 15) is 14.4 Å². The monoisotopic (exact) mass is 470 g/mol. The number of rotatable bonds is 4. The van der Waals surface area contributed by atoms with Crippen molar-refractivity contribution in [1.82, 2.24) is 19.7 Å². The van der Waals surface area contributed by atoms with Gasteiger partial charge in [-0.25, -0.2) is 9.78 Å². The van der Waals surface area contributed by atoms with Gasteiger partial charge in [0.2, 0.25) is 11.8 Å². The van der Waals surface area contributed by atoms with Crippen LogP contribution in [0.15, 0.2) is 29.6 Å². The van der Waals surface area contributed by atoms with Crippen molar-refractivity contribution in [3.63, 3.8) is 0 Å². The second-order valence-electron chi connectivity index (χ2n) is 8.45. The molecule has 4 amide bonds. The lowest BCUT2D eigenvalue weighted by atomic mass is 10.2. The summed E-state index contributed by atoms with van der Waals surface area (Å²) in [5, 5.41) is 5.13. The number of carbonyl (C=O) groups is 3. The summed E-state index contributed by atoms with van der Waals surface area (Å²) in [6.45, 7) is 8.69. The highest BCUT2D eigenvalue weighted by molar-refractivity contribution is 7.13. The molecule has 2 aliphatic rings. The number of aryl methyl sites for hydroxylation is 1. The highest BCUT2D eigenvalue weighted by atomic mass is 32.1. The van der Waals surface area contributed by atoms with Crippen molar-refractivity contribution in [2.24, 2.45) is 0 Å². The topological polar surface area (TPSA) is 89.1 Å². The highest BCUT2D eigenvalue weighted by Gasteiger charge is 2.24. The molecular formula is C23H30N6O3S. The number of nitrogens with zero attached hydrogens (tertiary/aromatic N) is 5. The molecule has 2 fully saturated rings. The second kappa shape index (κ2) is 10.2. The van der Waals surface area contributed by atoms with E-state index in [1.165, 1.54) is 29.5 Å². The van der Waals surface area contributed by atoms with Crippen LogP contribution in [0.25, 0.3) is 0 Å². The van der Waals surface area contributed by atoms with E-state index in [0.29, 0.717) is 50.1 Å². The van der Waals surface area contributed by atoms with Gasteiger partial charge in [-0.3, -0.25) is 14.9 Å². The Kier molecular flexibility index (Phi) is 7.12. The summed E-state index contributed by atoms with van der Waals surface area (Å²) in [6, 6.07) is 8.21. The normalized spacial score (nSPS) is 16.7. The van der Waals surface area contributed by atoms with Crippen molar-refractivity contribution in [1.29, 1.82) is 0 Å². The Morgan fingerprint density at radius 1 is 0.970 bits per heavy atom. The second-order valence-corrected chi connectivity index (χ2v) is 9.31. The molecule has 0 spiro atoms. The van der Waals surface area contributed by atoms with E-state index in [1.807, 2.05) is 10.3 Å². The molecule has 0 aliphatic carbocycles. The van der Waals surface area contributed by atoms with Crippen LogP contribution in [0, 0.1) is 6.92 Å². The van der Waals surface area contributed by atoms with Crippen molar-refractivity contribution >= 4 is 40.0 Å². The molecule has 1 aromatic heterocycles. The van der Waals surface area contributed by atoms with E-state index in [1.54, 1.807) is 9.80 Å². The summed E-state index contributed by atoms with van der Waals surface area (Å²) in [7, 11) is 0. The van der Waals surface area contributed by atoms with Gasteiger partial charge in [0.25, 0.3) is 0 Å². The Hall–Kier alpha value is -3.14. The molecule has 176 valence electrons. The molecule has 2 aliphatic heterocycles. The minimum atomic E-state index is -0.224. The minimum absolute atomic E-state index is 0.0286. The van der Waals surface area contributed by atoms with E-state index >= 15 is 0 Å². The molecule has 0 atom stereocenters. The third-order valence-electron chi connectivity index (χ3n) is 6.11. The lowest BCUT2D eigenvalue weighted by Crippen LogP contribution is -2.51. The number of benzene rings is 1. The lowest BCUT2D eigenvalue weighted by molar-refractivity contribution is -0.131. The molecule has 9 nitrogen and oxygen atoms in total. The van der Waals surface area contributed by atoms with E-state index in [0.717, 1.165) is 13.1 Å². The zero-order chi connectivity index (χ0) is 23.4. The molecule has 0 bridgehead atoms. The fourth-order valence-electron chi connectivity index (χ4n) is 4.15. The number of carbonyl (C=O) groups excluding carboxylic acids is 3. The zero-order valence-electron chi connectivity index (χ0n) is 19.1. The number of aromatic nitrogens is 1. The molecule has 33 heavy (non-hydrogen) atoms. The van der Waals surface area contributed by atoms with Gasteiger partial charge in [0, 0.05) is 70.3 Å². The summed E-state index contributed by atoms with van der Waals surface area (Å²) in [5.41, 5.74) is 3.10. The summed E-state index contributed by atoms with van der Waals surface area (Å²) >= 11 is 1.32. The Balaban J connectivity index is 1.24. The molecular weight excluding hydrogens is 440 g/mol. The number of anilines is 2. The van der Waals surface area contributed by atoms with Crippen LogP contribution in [0.5, 0.6) is 0 Å².